The maximum atomic E-state index is 5.30. The summed E-state index contributed by atoms with van der Waals surface area (Å²) in [5.74, 6) is 0. The zero-order chi connectivity index (χ0) is 6.10. The van der Waals surface area contributed by atoms with Gasteiger partial charge in [-0.05, 0) is 19.3 Å². The summed E-state index contributed by atoms with van der Waals surface area (Å²) in [6, 6.07) is 0. The lowest BCUT2D eigenvalue weighted by molar-refractivity contribution is -0.0118. The molecule has 2 rings (SSSR count). The highest BCUT2D eigenvalue weighted by atomic mass is 16.6. The average molecular weight is 126 g/mol. The van der Waals surface area contributed by atoms with E-state index in [-0.39, 0.29) is 0 Å². The van der Waals surface area contributed by atoms with Gasteiger partial charge in [0.2, 0.25) is 0 Å². The highest BCUT2D eigenvalue weighted by Gasteiger charge is 2.30. The largest absolute Gasteiger partial charge is 0.491 e. The summed E-state index contributed by atoms with van der Waals surface area (Å²) in [7, 11) is 0. The first kappa shape index (κ1) is 5.15. The molecular weight excluding hydrogens is 116 g/mol. The minimum absolute atomic E-state index is 0.356. The Balaban J connectivity index is 2.07. The molecular formula is C7H10O2. The zero-order valence-electron chi connectivity index (χ0n) is 5.25. The van der Waals surface area contributed by atoms with Gasteiger partial charge in [-0.3, -0.25) is 0 Å². The zero-order valence-corrected chi connectivity index (χ0v) is 5.25. The molecule has 1 saturated carbocycles. The Labute approximate surface area is 54.5 Å². The fourth-order valence-electron chi connectivity index (χ4n) is 1.47. The smallest absolute Gasteiger partial charge is 0.135 e. The third-order valence-electron chi connectivity index (χ3n) is 1.95. The van der Waals surface area contributed by atoms with Crippen molar-refractivity contribution in [2.75, 3.05) is 0 Å². The molecule has 0 aromatic carbocycles. The normalized spacial score (nSPS) is 39.1. The van der Waals surface area contributed by atoms with E-state index >= 15 is 0 Å². The van der Waals surface area contributed by atoms with E-state index in [1.807, 2.05) is 0 Å². The molecule has 9 heavy (non-hydrogen) atoms. The van der Waals surface area contributed by atoms with Crippen molar-refractivity contribution in [3.63, 3.8) is 0 Å². The molecule has 2 aliphatic rings. The summed E-state index contributed by atoms with van der Waals surface area (Å²) in [5, 5.41) is 0. The van der Waals surface area contributed by atoms with E-state index in [4.69, 9.17) is 9.47 Å². The second kappa shape index (κ2) is 1.94. The van der Waals surface area contributed by atoms with Crippen LogP contribution in [0.2, 0.25) is 0 Å². The van der Waals surface area contributed by atoms with E-state index in [1.165, 1.54) is 6.42 Å². The first-order valence-corrected chi connectivity index (χ1v) is 3.43. The van der Waals surface area contributed by atoms with Crippen LogP contribution in [0.5, 0.6) is 0 Å². The summed E-state index contributed by atoms with van der Waals surface area (Å²) in [6.45, 7) is 0. The van der Waals surface area contributed by atoms with E-state index in [0.717, 1.165) is 12.8 Å². The first-order valence-electron chi connectivity index (χ1n) is 3.43. The molecule has 1 aliphatic carbocycles. The van der Waals surface area contributed by atoms with Crippen molar-refractivity contribution in [2.24, 2.45) is 0 Å². The molecule has 0 radical (unpaired) electrons. The van der Waals surface area contributed by atoms with Gasteiger partial charge in [0.05, 0.1) is 0 Å². The Morgan fingerprint density at radius 3 is 2.11 bits per heavy atom. The summed E-state index contributed by atoms with van der Waals surface area (Å²) in [5.41, 5.74) is 0. The van der Waals surface area contributed by atoms with E-state index in [2.05, 4.69) is 0 Å². The number of rotatable bonds is 0. The van der Waals surface area contributed by atoms with Gasteiger partial charge in [-0.15, -0.1) is 0 Å². The second-order valence-electron chi connectivity index (χ2n) is 2.55. The summed E-state index contributed by atoms with van der Waals surface area (Å²) < 4.78 is 10.6. The van der Waals surface area contributed by atoms with Crippen molar-refractivity contribution in [1.29, 1.82) is 0 Å². The fourth-order valence-corrected chi connectivity index (χ4v) is 1.47. The van der Waals surface area contributed by atoms with Crippen molar-refractivity contribution < 1.29 is 9.47 Å². The molecule has 0 spiro atoms. The number of fused-ring (bicyclic) bond motifs is 1. The van der Waals surface area contributed by atoms with Crippen molar-refractivity contribution in [1.82, 2.24) is 0 Å². The van der Waals surface area contributed by atoms with Gasteiger partial charge in [0.1, 0.15) is 24.7 Å². The van der Waals surface area contributed by atoms with Gasteiger partial charge < -0.3 is 9.47 Å². The molecule has 1 heterocycles. The van der Waals surface area contributed by atoms with Crippen LogP contribution in [0.3, 0.4) is 0 Å². The molecule has 2 unspecified atom stereocenters. The maximum Gasteiger partial charge on any atom is 0.135 e. The number of ether oxygens (including phenoxy) is 2. The van der Waals surface area contributed by atoms with Crippen molar-refractivity contribution in [3.8, 4) is 0 Å². The van der Waals surface area contributed by atoms with Crippen molar-refractivity contribution in [3.05, 3.63) is 12.5 Å². The van der Waals surface area contributed by atoms with Crippen LogP contribution in [-0.4, -0.2) is 12.2 Å². The van der Waals surface area contributed by atoms with Crippen LogP contribution in [0.4, 0.5) is 0 Å². The molecule has 2 nitrogen and oxygen atoms in total. The molecule has 1 aliphatic heterocycles. The average Bonchev–Trinajstić information content (AvgIpc) is 2.33. The Kier molecular flexibility index (Phi) is 1.11. The van der Waals surface area contributed by atoms with Gasteiger partial charge in [-0.1, -0.05) is 0 Å². The molecule has 0 bridgehead atoms. The van der Waals surface area contributed by atoms with Crippen LogP contribution in [0.15, 0.2) is 12.5 Å². The van der Waals surface area contributed by atoms with Gasteiger partial charge >= 0.3 is 0 Å². The standard InChI is InChI=1S/C7H10O2/c1-2-6-7(3-1)9-5-4-8-6/h4-7H,1-3H2. The Morgan fingerprint density at radius 1 is 1.00 bits per heavy atom. The predicted molar refractivity (Wildman–Crippen MR) is 32.7 cm³/mol. The Bertz CT molecular complexity index is 117. The summed E-state index contributed by atoms with van der Waals surface area (Å²) in [4.78, 5) is 0. The van der Waals surface area contributed by atoms with Gasteiger partial charge in [0.25, 0.3) is 0 Å². The minimum atomic E-state index is 0.356. The highest BCUT2D eigenvalue weighted by Crippen LogP contribution is 2.27. The molecule has 1 fully saturated rings. The molecule has 0 saturated heterocycles. The summed E-state index contributed by atoms with van der Waals surface area (Å²) >= 11 is 0. The summed E-state index contributed by atoms with van der Waals surface area (Å²) in [6.07, 6.45) is 7.57. The molecule has 50 valence electrons. The van der Waals surface area contributed by atoms with E-state index in [1.54, 1.807) is 12.5 Å². The topological polar surface area (TPSA) is 18.5 Å². The minimum Gasteiger partial charge on any atom is -0.491 e. The molecule has 2 heteroatoms. The van der Waals surface area contributed by atoms with E-state index in [9.17, 15) is 0 Å². The second-order valence-corrected chi connectivity index (χ2v) is 2.55. The third-order valence-corrected chi connectivity index (χ3v) is 1.95. The van der Waals surface area contributed by atoms with Gasteiger partial charge in [-0.25, -0.2) is 0 Å². The van der Waals surface area contributed by atoms with Crippen LogP contribution < -0.4 is 0 Å². The van der Waals surface area contributed by atoms with Crippen LogP contribution in [0.25, 0.3) is 0 Å². The maximum absolute atomic E-state index is 5.30. The molecule has 0 aromatic heterocycles. The lowest BCUT2D eigenvalue weighted by Crippen LogP contribution is -2.25. The number of hydrogen-bond acceptors (Lipinski definition) is 2. The van der Waals surface area contributed by atoms with Crippen LogP contribution >= 0.6 is 0 Å². The molecule has 2 atom stereocenters. The Hall–Kier alpha value is -0.660. The highest BCUT2D eigenvalue weighted by molar-refractivity contribution is 4.86. The van der Waals surface area contributed by atoms with Crippen LogP contribution in [-0.2, 0) is 9.47 Å². The van der Waals surface area contributed by atoms with Gasteiger partial charge in [-0.2, -0.15) is 0 Å². The lowest BCUT2D eigenvalue weighted by atomic mass is 10.2. The number of hydrogen-bond donors (Lipinski definition) is 0. The van der Waals surface area contributed by atoms with Gasteiger partial charge in [0, 0.05) is 0 Å². The Morgan fingerprint density at radius 2 is 1.56 bits per heavy atom. The quantitative estimate of drug-likeness (QED) is 0.488. The van der Waals surface area contributed by atoms with Gasteiger partial charge in [0.15, 0.2) is 0 Å². The third kappa shape index (κ3) is 0.784. The van der Waals surface area contributed by atoms with Crippen molar-refractivity contribution in [2.45, 2.75) is 31.5 Å². The molecule has 0 amide bonds. The van der Waals surface area contributed by atoms with Crippen LogP contribution in [0, 0.1) is 0 Å². The monoisotopic (exact) mass is 126 g/mol. The first-order chi connectivity index (χ1) is 4.47. The van der Waals surface area contributed by atoms with E-state index in [0.29, 0.717) is 12.2 Å². The molecule has 0 aromatic rings. The predicted octanol–water partition coefficient (Wildman–Crippen LogP) is 1.43. The van der Waals surface area contributed by atoms with Crippen molar-refractivity contribution >= 4 is 0 Å². The fraction of sp³-hybridized carbons (Fsp3) is 0.714. The molecule has 0 N–H and O–H groups in total. The van der Waals surface area contributed by atoms with E-state index < -0.39 is 0 Å². The van der Waals surface area contributed by atoms with Crippen LogP contribution in [0.1, 0.15) is 19.3 Å². The lowest BCUT2D eigenvalue weighted by Gasteiger charge is -2.22. The SMILES string of the molecule is C1=COC2CCCC2O1.